The summed E-state index contributed by atoms with van der Waals surface area (Å²) in [5.41, 5.74) is 1.22. The van der Waals surface area contributed by atoms with Gasteiger partial charge >= 0.3 is 0 Å². The molecule has 1 saturated carbocycles. The predicted octanol–water partition coefficient (Wildman–Crippen LogP) is 1.84. The monoisotopic (exact) mass is 343 g/mol. The normalized spacial score (nSPS) is 23.2. The molecule has 0 unspecified atom stereocenters. The van der Waals surface area contributed by atoms with Crippen LogP contribution in [0.4, 0.5) is 5.82 Å². The number of methoxy groups -OCH3 is 1. The second-order valence-electron chi connectivity index (χ2n) is 7.01. The molecular formula is C18H25N5O2. The van der Waals surface area contributed by atoms with Gasteiger partial charge in [-0.15, -0.1) is 0 Å². The van der Waals surface area contributed by atoms with E-state index in [1.807, 2.05) is 24.0 Å². The van der Waals surface area contributed by atoms with Crippen molar-refractivity contribution >= 4 is 5.82 Å². The molecule has 0 bridgehead atoms. The van der Waals surface area contributed by atoms with Gasteiger partial charge in [-0.3, -0.25) is 4.68 Å². The van der Waals surface area contributed by atoms with Crippen LogP contribution in [0.5, 0.6) is 5.88 Å². The Bertz CT molecular complexity index is 715. The Morgan fingerprint density at radius 3 is 2.84 bits per heavy atom. The third-order valence-electron chi connectivity index (χ3n) is 5.06. The van der Waals surface area contributed by atoms with Gasteiger partial charge in [-0.1, -0.05) is 0 Å². The fourth-order valence-electron chi connectivity index (χ4n) is 3.51. The number of aryl methyl sites for hydroxylation is 1. The molecule has 2 aliphatic rings. The van der Waals surface area contributed by atoms with Crippen LogP contribution < -0.4 is 9.64 Å². The highest BCUT2D eigenvalue weighted by molar-refractivity contribution is 5.44. The first kappa shape index (κ1) is 16.3. The number of ether oxygens (including phenoxy) is 2. The van der Waals surface area contributed by atoms with Gasteiger partial charge in [0.05, 0.1) is 25.5 Å². The van der Waals surface area contributed by atoms with Gasteiger partial charge in [0.2, 0.25) is 5.88 Å². The molecule has 0 aromatic carbocycles. The van der Waals surface area contributed by atoms with Crippen LogP contribution in [0.3, 0.4) is 0 Å². The van der Waals surface area contributed by atoms with Gasteiger partial charge in [-0.05, 0) is 37.2 Å². The van der Waals surface area contributed by atoms with Gasteiger partial charge in [0.15, 0.2) is 0 Å². The van der Waals surface area contributed by atoms with E-state index < -0.39 is 0 Å². The van der Waals surface area contributed by atoms with Crippen LogP contribution in [0.25, 0.3) is 0 Å². The molecule has 4 rings (SSSR count). The highest BCUT2D eigenvalue weighted by Gasteiger charge is 2.37. The first-order valence-corrected chi connectivity index (χ1v) is 8.94. The SMILES string of the molecule is COc1cc(N2CC[C@H](OCC3CC3)[C@@H]2Cc2cnn(C)c2)ncn1. The van der Waals surface area contributed by atoms with Crippen LogP contribution >= 0.6 is 0 Å². The predicted molar refractivity (Wildman–Crippen MR) is 93.7 cm³/mol. The maximum Gasteiger partial charge on any atom is 0.218 e. The first-order valence-electron chi connectivity index (χ1n) is 8.94. The lowest BCUT2D eigenvalue weighted by Gasteiger charge is -2.29. The van der Waals surface area contributed by atoms with E-state index in [-0.39, 0.29) is 12.1 Å². The van der Waals surface area contributed by atoms with Crippen molar-refractivity contribution in [2.24, 2.45) is 13.0 Å². The standard InChI is InChI=1S/C18H25N5O2/c1-22-10-14(9-21-22)7-15-16(25-11-13-3-4-13)5-6-23(15)17-8-18(24-2)20-12-19-17/h8-10,12-13,15-16H,3-7,11H2,1-2H3/t15-,16-/m0/s1. The van der Waals surface area contributed by atoms with Crippen LogP contribution in [0.15, 0.2) is 24.8 Å². The van der Waals surface area contributed by atoms with E-state index in [1.165, 1.54) is 18.4 Å². The third kappa shape index (κ3) is 3.76. The molecule has 2 aromatic rings. The van der Waals surface area contributed by atoms with E-state index >= 15 is 0 Å². The number of nitrogens with zero attached hydrogens (tertiary/aromatic N) is 5. The lowest BCUT2D eigenvalue weighted by Crippen LogP contribution is -2.39. The molecule has 2 aromatic heterocycles. The van der Waals surface area contributed by atoms with E-state index in [2.05, 4.69) is 26.2 Å². The minimum atomic E-state index is 0.224. The summed E-state index contributed by atoms with van der Waals surface area (Å²) >= 11 is 0. The molecule has 0 radical (unpaired) electrons. The van der Waals surface area contributed by atoms with Crippen molar-refractivity contribution in [3.05, 3.63) is 30.4 Å². The number of aromatic nitrogens is 4. The number of anilines is 1. The van der Waals surface area contributed by atoms with Crippen LogP contribution in [-0.4, -0.2) is 52.2 Å². The largest absolute Gasteiger partial charge is 0.481 e. The van der Waals surface area contributed by atoms with E-state index in [0.717, 1.165) is 37.7 Å². The van der Waals surface area contributed by atoms with Crippen molar-refractivity contribution in [1.82, 2.24) is 19.7 Å². The minimum Gasteiger partial charge on any atom is -0.481 e. The molecule has 2 atom stereocenters. The van der Waals surface area contributed by atoms with Gasteiger partial charge < -0.3 is 14.4 Å². The lowest BCUT2D eigenvalue weighted by atomic mass is 10.0. The zero-order valence-corrected chi connectivity index (χ0v) is 14.8. The average molecular weight is 343 g/mol. The molecule has 1 aliphatic carbocycles. The maximum atomic E-state index is 6.28. The first-order chi connectivity index (χ1) is 12.2. The molecule has 134 valence electrons. The van der Waals surface area contributed by atoms with E-state index in [4.69, 9.17) is 9.47 Å². The third-order valence-corrected chi connectivity index (χ3v) is 5.06. The minimum absolute atomic E-state index is 0.224. The fraction of sp³-hybridized carbons (Fsp3) is 0.611. The van der Waals surface area contributed by atoms with Gasteiger partial charge in [0.1, 0.15) is 12.1 Å². The number of hydrogen-bond donors (Lipinski definition) is 0. The van der Waals surface area contributed by atoms with Gasteiger partial charge in [-0.2, -0.15) is 5.10 Å². The van der Waals surface area contributed by atoms with Gasteiger partial charge in [0.25, 0.3) is 0 Å². The Kier molecular flexibility index (Phi) is 4.57. The van der Waals surface area contributed by atoms with Crippen LogP contribution in [0.1, 0.15) is 24.8 Å². The molecule has 2 fully saturated rings. The molecule has 0 spiro atoms. The quantitative estimate of drug-likeness (QED) is 0.764. The zero-order chi connectivity index (χ0) is 17.2. The van der Waals surface area contributed by atoms with E-state index in [9.17, 15) is 0 Å². The van der Waals surface area contributed by atoms with E-state index in [1.54, 1.807) is 13.4 Å². The summed E-state index contributed by atoms with van der Waals surface area (Å²) in [6.45, 7) is 1.82. The Hall–Kier alpha value is -2.15. The van der Waals surface area contributed by atoms with Crippen LogP contribution in [-0.2, 0) is 18.2 Å². The highest BCUT2D eigenvalue weighted by atomic mass is 16.5. The molecule has 0 amide bonds. The summed E-state index contributed by atoms with van der Waals surface area (Å²) < 4.78 is 13.4. The zero-order valence-electron chi connectivity index (χ0n) is 14.8. The molecule has 1 aliphatic heterocycles. The van der Waals surface area contributed by atoms with Crippen molar-refractivity contribution in [3.63, 3.8) is 0 Å². The topological polar surface area (TPSA) is 65.3 Å². The van der Waals surface area contributed by atoms with Gasteiger partial charge in [0, 0.05) is 32.5 Å². The second kappa shape index (κ2) is 7.00. The Morgan fingerprint density at radius 2 is 2.12 bits per heavy atom. The Morgan fingerprint density at radius 1 is 1.24 bits per heavy atom. The number of rotatable bonds is 7. The molecule has 25 heavy (non-hydrogen) atoms. The summed E-state index contributed by atoms with van der Waals surface area (Å²) in [7, 11) is 3.58. The molecular weight excluding hydrogens is 318 g/mol. The van der Waals surface area contributed by atoms with Crippen molar-refractivity contribution in [1.29, 1.82) is 0 Å². The average Bonchev–Trinajstić information content (AvgIpc) is 3.25. The van der Waals surface area contributed by atoms with E-state index in [0.29, 0.717) is 5.88 Å². The van der Waals surface area contributed by atoms with Crippen LogP contribution in [0.2, 0.25) is 0 Å². The van der Waals surface area contributed by atoms with Gasteiger partial charge in [-0.25, -0.2) is 9.97 Å². The molecule has 7 nitrogen and oxygen atoms in total. The molecule has 1 saturated heterocycles. The lowest BCUT2D eigenvalue weighted by molar-refractivity contribution is 0.0407. The molecule has 7 heteroatoms. The highest BCUT2D eigenvalue weighted by Crippen LogP contribution is 2.33. The summed E-state index contributed by atoms with van der Waals surface area (Å²) in [6.07, 6.45) is 10.3. The summed E-state index contributed by atoms with van der Waals surface area (Å²) in [4.78, 5) is 10.9. The summed E-state index contributed by atoms with van der Waals surface area (Å²) in [6, 6.07) is 2.15. The summed E-state index contributed by atoms with van der Waals surface area (Å²) in [5, 5.41) is 4.30. The van der Waals surface area contributed by atoms with Crippen molar-refractivity contribution in [3.8, 4) is 5.88 Å². The number of hydrogen-bond acceptors (Lipinski definition) is 6. The Labute approximate surface area is 148 Å². The van der Waals surface area contributed by atoms with Crippen molar-refractivity contribution in [2.75, 3.05) is 25.2 Å². The van der Waals surface area contributed by atoms with Crippen molar-refractivity contribution < 1.29 is 9.47 Å². The summed E-state index contributed by atoms with van der Waals surface area (Å²) in [5.74, 6) is 2.26. The Balaban J connectivity index is 1.54. The smallest absolute Gasteiger partial charge is 0.218 e. The second-order valence-corrected chi connectivity index (χ2v) is 7.01. The molecule has 3 heterocycles. The maximum absolute atomic E-state index is 6.28. The fourth-order valence-corrected chi connectivity index (χ4v) is 3.51. The van der Waals surface area contributed by atoms with Crippen molar-refractivity contribution in [2.45, 2.75) is 37.8 Å². The van der Waals surface area contributed by atoms with Crippen LogP contribution in [0, 0.1) is 5.92 Å². The molecule has 0 N–H and O–H groups in total.